The molecule has 0 bridgehead atoms. The van der Waals surface area contributed by atoms with Gasteiger partial charge in [-0.05, 0) is 36.4 Å². The first-order chi connectivity index (χ1) is 15.1. The molecule has 1 N–H and O–H groups in total. The highest BCUT2D eigenvalue weighted by Crippen LogP contribution is 2.25. The topological polar surface area (TPSA) is 69.8 Å². The second kappa shape index (κ2) is 9.76. The van der Waals surface area contributed by atoms with Gasteiger partial charge in [0.2, 0.25) is 0 Å². The number of hydrogen-bond acceptors (Lipinski definition) is 6. The summed E-state index contributed by atoms with van der Waals surface area (Å²) < 4.78 is 22.8. The van der Waals surface area contributed by atoms with Crippen molar-refractivity contribution in [2.24, 2.45) is 7.05 Å². The zero-order valence-electron chi connectivity index (χ0n) is 17.3. The van der Waals surface area contributed by atoms with Gasteiger partial charge in [-0.3, -0.25) is 0 Å². The van der Waals surface area contributed by atoms with Crippen LogP contribution in [0.2, 0.25) is 0 Å². The first-order valence-corrected chi connectivity index (χ1v) is 10.8. The van der Waals surface area contributed by atoms with Gasteiger partial charge in [-0.15, -0.1) is 10.2 Å². The molecular weight excluding hydrogens is 415 g/mol. The molecule has 0 spiro atoms. The summed E-state index contributed by atoms with van der Waals surface area (Å²) in [5.41, 5.74) is 3.40. The normalized spacial score (nSPS) is 11.1. The largest absolute Gasteiger partial charge is 0.497 e. The average molecular weight is 439 g/mol. The second-order valence-electron chi connectivity index (χ2n) is 6.91. The summed E-state index contributed by atoms with van der Waals surface area (Å²) in [7, 11) is 3.56. The molecule has 160 valence electrons. The maximum atomic E-state index is 13.8. The van der Waals surface area contributed by atoms with Crippen molar-refractivity contribution < 1.29 is 9.13 Å². The van der Waals surface area contributed by atoms with E-state index in [1.807, 2.05) is 52.8 Å². The van der Waals surface area contributed by atoms with Gasteiger partial charge in [-0.2, -0.15) is 5.10 Å². The smallest absolute Gasteiger partial charge is 0.190 e. The third kappa shape index (κ3) is 5.12. The van der Waals surface area contributed by atoms with Crippen molar-refractivity contribution in [2.45, 2.75) is 11.7 Å². The number of benzene rings is 2. The Balaban J connectivity index is 1.50. The molecule has 0 fully saturated rings. The van der Waals surface area contributed by atoms with Crippen molar-refractivity contribution in [2.75, 3.05) is 19.4 Å². The lowest BCUT2D eigenvalue weighted by molar-refractivity contribution is 0.414. The van der Waals surface area contributed by atoms with Crippen molar-refractivity contribution in [3.8, 4) is 22.7 Å². The van der Waals surface area contributed by atoms with Crippen LogP contribution in [-0.4, -0.2) is 44.0 Å². The summed E-state index contributed by atoms with van der Waals surface area (Å²) in [5, 5.41) is 17.0. The molecule has 0 unspecified atom stereocenters. The summed E-state index contributed by atoms with van der Waals surface area (Å²) in [6, 6.07) is 14.2. The van der Waals surface area contributed by atoms with E-state index in [1.54, 1.807) is 31.3 Å². The summed E-state index contributed by atoms with van der Waals surface area (Å²) in [6.45, 7) is 1.40. The van der Waals surface area contributed by atoms with E-state index in [9.17, 15) is 4.39 Å². The lowest BCUT2D eigenvalue weighted by atomic mass is 10.1. The molecule has 0 aliphatic rings. The fourth-order valence-corrected chi connectivity index (χ4v) is 3.91. The van der Waals surface area contributed by atoms with Gasteiger partial charge < -0.3 is 14.6 Å². The second-order valence-corrected chi connectivity index (χ2v) is 7.97. The molecule has 2 aromatic carbocycles. The van der Waals surface area contributed by atoms with Gasteiger partial charge in [-0.25, -0.2) is 9.07 Å². The zero-order valence-corrected chi connectivity index (χ0v) is 18.1. The fourth-order valence-electron chi connectivity index (χ4n) is 3.13. The summed E-state index contributed by atoms with van der Waals surface area (Å²) >= 11 is 1.64. The Morgan fingerprint density at radius 1 is 1.16 bits per heavy atom. The van der Waals surface area contributed by atoms with Crippen LogP contribution in [0.25, 0.3) is 16.9 Å². The van der Waals surface area contributed by atoms with E-state index in [2.05, 4.69) is 15.5 Å². The molecule has 2 heterocycles. The van der Waals surface area contributed by atoms with Gasteiger partial charge in [0.25, 0.3) is 0 Å². The third-order valence-corrected chi connectivity index (χ3v) is 5.76. The molecule has 31 heavy (non-hydrogen) atoms. The molecule has 0 saturated heterocycles. The van der Waals surface area contributed by atoms with Crippen LogP contribution >= 0.6 is 11.8 Å². The van der Waals surface area contributed by atoms with Crippen LogP contribution in [0, 0.1) is 5.82 Å². The van der Waals surface area contributed by atoms with Crippen LogP contribution in [0.1, 0.15) is 5.56 Å². The zero-order chi connectivity index (χ0) is 21.6. The van der Waals surface area contributed by atoms with Gasteiger partial charge in [0.1, 0.15) is 17.9 Å². The molecular formula is C22H23FN6OS. The number of aromatic nitrogens is 5. The molecule has 0 aliphatic heterocycles. The predicted octanol–water partition coefficient (Wildman–Crippen LogP) is 3.70. The molecule has 0 atom stereocenters. The Morgan fingerprint density at radius 2 is 2.00 bits per heavy atom. The Bertz CT molecular complexity index is 1140. The van der Waals surface area contributed by atoms with Gasteiger partial charge in [0.15, 0.2) is 5.16 Å². The number of nitrogens with one attached hydrogen (secondary N) is 1. The number of ether oxygens (including phenoxy) is 1. The standard InChI is InChI=1S/C22H23FN6OS/c1-28-15-25-26-22(28)31-11-10-24-13-17-14-29(19-6-8-20(30-2)9-7-19)27-21(17)16-4-3-5-18(23)12-16/h3-9,12,14-15,24H,10-11,13H2,1-2H3. The number of methoxy groups -OCH3 is 1. The van der Waals surface area contributed by atoms with Gasteiger partial charge >= 0.3 is 0 Å². The molecule has 4 aromatic rings. The molecule has 9 heteroatoms. The maximum absolute atomic E-state index is 13.8. The maximum Gasteiger partial charge on any atom is 0.190 e. The number of thioether (sulfide) groups is 1. The fraction of sp³-hybridized carbons (Fsp3) is 0.227. The number of halogens is 1. The Morgan fingerprint density at radius 3 is 2.71 bits per heavy atom. The highest BCUT2D eigenvalue weighted by molar-refractivity contribution is 7.99. The van der Waals surface area contributed by atoms with E-state index < -0.39 is 0 Å². The molecule has 0 saturated carbocycles. The highest BCUT2D eigenvalue weighted by atomic mass is 32.2. The lowest BCUT2D eigenvalue weighted by Gasteiger charge is -2.05. The molecule has 0 aliphatic carbocycles. The lowest BCUT2D eigenvalue weighted by Crippen LogP contribution is -2.17. The minimum Gasteiger partial charge on any atom is -0.497 e. The summed E-state index contributed by atoms with van der Waals surface area (Å²) in [6.07, 6.45) is 3.67. The number of aryl methyl sites for hydroxylation is 1. The van der Waals surface area contributed by atoms with Crippen molar-refractivity contribution >= 4 is 11.8 Å². The SMILES string of the molecule is COc1ccc(-n2cc(CNCCSc3nncn3C)c(-c3cccc(F)c3)n2)cc1. The van der Waals surface area contributed by atoms with Crippen molar-refractivity contribution in [1.82, 2.24) is 29.9 Å². The number of hydrogen-bond donors (Lipinski definition) is 1. The molecule has 0 amide bonds. The van der Waals surface area contributed by atoms with Crippen molar-refractivity contribution in [3.63, 3.8) is 0 Å². The van der Waals surface area contributed by atoms with E-state index in [4.69, 9.17) is 9.84 Å². The minimum absolute atomic E-state index is 0.282. The van der Waals surface area contributed by atoms with E-state index >= 15 is 0 Å². The van der Waals surface area contributed by atoms with Crippen LogP contribution in [0.4, 0.5) is 4.39 Å². The van der Waals surface area contributed by atoms with Crippen LogP contribution in [0.5, 0.6) is 5.75 Å². The van der Waals surface area contributed by atoms with E-state index in [0.717, 1.165) is 45.7 Å². The molecule has 7 nitrogen and oxygen atoms in total. The first-order valence-electron chi connectivity index (χ1n) is 9.80. The predicted molar refractivity (Wildman–Crippen MR) is 119 cm³/mol. The van der Waals surface area contributed by atoms with Gasteiger partial charge in [0.05, 0.1) is 18.5 Å². The average Bonchev–Trinajstić information content (AvgIpc) is 3.40. The van der Waals surface area contributed by atoms with Gasteiger partial charge in [-0.1, -0.05) is 23.9 Å². The first kappa shape index (κ1) is 21.1. The molecule has 4 rings (SSSR count). The number of nitrogens with zero attached hydrogens (tertiary/aromatic N) is 5. The van der Waals surface area contributed by atoms with E-state index in [0.29, 0.717) is 6.54 Å². The van der Waals surface area contributed by atoms with Crippen molar-refractivity contribution in [1.29, 1.82) is 0 Å². The molecule has 0 radical (unpaired) electrons. The number of rotatable bonds is 9. The van der Waals surface area contributed by atoms with Crippen LogP contribution in [0.15, 0.2) is 66.2 Å². The quantitative estimate of drug-likeness (QED) is 0.317. The monoisotopic (exact) mass is 438 g/mol. The Kier molecular flexibility index (Phi) is 6.63. The van der Waals surface area contributed by atoms with E-state index in [-0.39, 0.29) is 5.82 Å². The summed E-state index contributed by atoms with van der Waals surface area (Å²) in [5.74, 6) is 1.35. The van der Waals surface area contributed by atoms with Crippen molar-refractivity contribution in [3.05, 3.63) is 72.4 Å². The van der Waals surface area contributed by atoms with Crippen LogP contribution in [0.3, 0.4) is 0 Å². The van der Waals surface area contributed by atoms with E-state index in [1.165, 1.54) is 12.1 Å². The van der Waals surface area contributed by atoms with Gasteiger partial charge in [0, 0.05) is 43.2 Å². The Hall–Kier alpha value is -3.17. The third-order valence-electron chi connectivity index (χ3n) is 4.72. The Labute approximate surface area is 184 Å². The summed E-state index contributed by atoms with van der Waals surface area (Å²) in [4.78, 5) is 0. The van der Waals surface area contributed by atoms with Crippen LogP contribution in [-0.2, 0) is 13.6 Å². The van der Waals surface area contributed by atoms with Crippen LogP contribution < -0.4 is 10.1 Å². The minimum atomic E-state index is -0.282. The highest BCUT2D eigenvalue weighted by Gasteiger charge is 2.13. The molecule has 2 aromatic heterocycles.